The highest BCUT2D eigenvalue weighted by atomic mass is 28.4. The van der Waals surface area contributed by atoms with E-state index >= 15 is 0 Å². The van der Waals surface area contributed by atoms with Crippen molar-refractivity contribution in [3.8, 4) is 0 Å². The molecule has 0 aromatic heterocycles. The molecular formula is C33H66N2O5Si. The number of rotatable bonds is 30. The first-order valence-electron chi connectivity index (χ1n) is 17.6. The number of hydrogen-bond donors (Lipinski definition) is 1. The predicted molar refractivity (Wildman–Crippen MR) is 171 cm³/mol. The number of imide groups is 1. The lowest BCUT2D eigenvalue weighted by atomic mass is 9.98. The molecule has 1 unspecified atom stereocenters. The van der Waals surface area contributed by atoms with Crippen LogP contribution in [0.3, 0.4) is 0 Å². The normalized spacial score (nSPS) is 15.9. The first-order valence-corrected chi connectivity index (χ1v) is 19.5. The van der Waals surface area contributed by atoms with Gasteiger partial charge in [-0.05, 0) is 33.6 Å². The van der Waals surface area contributed by atoms with Gasteiger partial charge in [0.25, 0.3) is 0 Å². The van der Waals surface area contributed by atoms with Crippen molar-refractivity contribution < 1.29 is 22.9 Å². The van der Waals surface area contributed by atoms with Crippen molar-refractivity contribution in [3.63, 3.8) is 0 Å². The summed E-state index contributed by atoms with van der Waals surface area (Å²) in [5.74, 6) is -0.338. The second-order valence-corrected chi connectivity index (χ2v) is 14.5. The standard InChI is InChI=1S/C33H66N2O5Si/c1-5-9-10-11-12-13-14-15-16-17-18-19-20-21-22-23-24-25-27-31-30-32(36)35(33(31)37)34-28-26-29-41(38-6-2,39-7-3)40-8-4/h31,34H,5-30H2,1-4H3. The predicted octanol–water partition coefficient (Wildman–Crippen LogP) is 8.74. The van der Waals surface area contributed by atoms with Crippen LogP contribution < -0.4 is 5.43 Å². The van der Waals surface area contributed by atoms with Crippen LogP contribution in [0.4, 0.5) is 0 Å². The summed E-state index contributed by atoms with van der Waals surface area (Å²) in [5.41, 5.74) is 3.06. The minimum Gasteiger partial charge on any atom is -0.374 e. The quantitative estimate of drug-likeness (QED) is 0.0506. The lowest BCUT2D eigenvalue weighted by Gasteiger charge is -2.28. The smallest absolute Gasteiger partial charge is 0.374 e. The van der Waals surface area contributed by atoms with Gasteiger partial charge in [0.05, 0.1) is 0 Å². The van der Waals surface area contributed by atoms with E-state index in [2.05, 4.69) is 12.3 Å². The van der Waals surface area contributed by atoms with Crippen LogP contribution in [-0.2, 0) is 22.9 Å². The number of hydrogen-bond acceptors (Lipinski definition) is 6. The lowest BCUT2D eigenvalue weighted by Crippen LogP contribution is -2.47. The fourth-order valence-electron chi connectivity index (χ4n) is 5.88. The van der Waals surface area contributed by atoms with E-state index < -0.39 is 8.80 Å². The summed E-state index contributed by atoms with van der Waals surface area (Å²) in [7, 11) is -2.70. The van der Waals surface area contributed by atoms with E-state index in [0.717, 1.165) is 19.3 Å². The summed E-state index contributed by atoms with van der Waals surface area (Å²) < 4.78 is 17.7. The molecule has 1 aliphatic heterocycles. The largest absolute Gasteiger partial charge is 0.500 e. The molecule has 0 aromatic carbocycles. The maximum absolute atomic E-state index is 12.8. The molecule has 0 saturated carbocycles. The van der Waals surface area contributed by atoms with E-state index in [-0.39, 0.29) is 17.7 Å². The average Bonchev–Trinajstić information content (AvgIpc) is 3.22. The third kappa shape index (κ3) is 17.8. The van der Waals surface area contributed by atoms with E-state index in [1.807, 2.05) is 20.8 Å². The summed E-state index contributed by atoms with van der Waals surface area (Å²) in [6.45, 7) is 10.3. The molecule has 1 heterocycles. The summed E-state index contributed by atoms with van der Waals surface area (Å²) in [6.07, 6.45) is 26.2. The van der Waals surface area contributed by atoms with Crippen molar-refractivity contribution in [2.24, 2.45) is 5.92 Å². The van der Waals surface area contributed by atoms with Gasteiger partial charge >= 0.3 is 8.80 Å². The monoisotopic (exact) mass is 598 g/mol. The highest BCUT2D eigenvalue weighted by molar-refractivity contribution is 6.60. The average molecular weight is 599 g/mol. The molecule has 1 rings (SSSR count). The number of nitrogens with zero attached hydrogens (tertiary/aromatic N) is 1. The van der Waals surface area contributed by atoms with Crippen molar-refractivity contribution in [1.29, 1.82) is 0 Å². The maximum atomic E-state index is 12.8. The van der Waals surface area contributed by atoms with Gasteiger partial charge in [-0.25, -0.2) is 10.4 Å². The molecular weight excluding hydrogens is 532 g/mol. The van der Waals surface area contributed by atoms with Gasteiger partial charge in [-0.15, -0.1) is 0 Å². The topological polar surface area (TPSA) is 77.1 Å². The van der Waals surface area contributed by atoms with Gasteiger partial charge in [-0.1, -0.05) is 122 Å². The van der Waals surface area contributed by atoms with Gasteiger partial charge in [0, 0.05) is 44.7 Å². The van der Waals surface area contributed by atoms with Crippen LogP contribution in [0, 0.1) is 5.92 Å². The van der Waals surface area contributed by atoms with E-state index in [1.165, 1.54) is 108 Å². The molecule has 8 heteroatoms. The summed E-state index contributed by atoms with van der Waals surface area (Å²) in [5, 5.41) is 1.25. The highest BCUT2D eigenvalue weighted by Crippen LogP contribution is 2.25. The molecule has 0 spiro atoms. The van der Waals surface area contributed by atoms with E-state index in [9.17, 15) is 9.59 Å². The van der Waals surface area contributed by atoms with E-state index in [4.69, 9.17) is 13.3 Å². The maximum Gasteiger partial charge on any atom is 0.500 e. The lowest BCUT2D eigenvalue weighted by molar-refractivity contribution is -0.143. The molecule has 1 aliphatic rings. The SMILES string of the molecule is CCCCCCCCCCCCCCCCCCCCC1CC(=O)N(NCCC[Si](OCC)(OCC)OCC)C1=O. The molecule has 1 saturated heterocycles. The number of carbonyl (C=O) groups excluding carboxylic acids is 2. The number of nitrogens with one attached hydrogen (secondary N) is 1. The molecule has 2 amide bonds. The minimum atomic E-state index is -2.70. The minimum absolute atomic E-state index is 0.0649. The second kappa shape index (κ2) is 25.7. The summed E-state index contributed by atoms with van der Waals surface area (Å²) in [6, 6.07) is 0.661. The zero-order chi connectivity index (χ0) is 30.0. The Morgan fingerprint density at radius 3 is 1.46 bits per heavy atom. The molecule has 7 nitrogen and oxygen atoms in total. The van der Waals surface area contributed by atoms with Crippen LogP contribution in [0.5, 0.6) is 0 Å². The molecule has 1 N–H and O–H groups in total. The third-order valence-corrected chi connectivity index (χ3v) is 11.3. The Hall–Kier alpha value is -0.803. The van der Waals surface area contributed by atoms with Crippen LogP contribution in [0.15, 0.2) is 0 Å². The van der Waals surface area contributed by atoms with Crippen molar-refractivity contribution in [1.82, 2.24) is 10.4 Å². The third-order valence-electron chi connectivity index (χ3n) is 8.17. The number of amides is 2. The zero-order valence-electron chi connectivity index (χ0n) is 27.5. The molecule has 1 fully saturated rings. The van der Waals surface area contributed by atoms with Crippen molar-refractivity contribution in [3.05, 3.63) is 0 Å². The van der Waals surface area contributed by atoms with Crippen LogP contribution in [0.1, 0.15) is 163 Å². The van der Waals surface area contributed by atoms with Gasteiger partial charge < -0.3 is 13.3 Å². The molecule has 41 heavy (non-hydrogen) atoms. The van der Waals surface area contributed by atoms with E-state index in [1.54, 1.807) is 0 Å². The van der Waals surface area contributed by atoms with Crippen molar-refractivity contribution >= 4 is 20.6 Å². The Labute approximate surface area is 254 Å². The van der Waals surface area contributed by atoms with Crippen LogP contribution in [-0.4, -0.2) is 52.0 Å². The molecule has 0 aromatic rings. The number of carbonyl (C=O) groups is 2. The Bertz CT molecular complexity index is 634. The van der Waals surface area contributed by atoms with Crippen molar-refractivity contribution in [2.45, 2.75) is 169 Å². The van der Waals surface area contributed by atoms with Crippen LogP contribution in [0.2, 0.25) is 6.04 Å². The zero-order valence-corrected chi connectivity index (χ0v) is 28.5. The first-order chi connectivity index (χ1) is 20.0. The fraction of sp³-hybridized carbons (Fsp3) is 0.939. The Morgan fingerprint density at radius 1 is 0.634 bits per heavy atom. The summed E-state index contributed by atoms with van der Waals surface area (Å²) in [4.78, 5) is 25.3. The van der Waals surface area contributed by atoms with Gasteiger partial charge in [0.15, 0.2) is 0 Å². The van der Waals surface area contributed by atoms with Gasteiger partial charge in [-0.2, -0.15) is 0 Å². The molecule has 0 aliphatic carbocycles. The molecule has 0 radical (unpaired) electrons. The molecule has 0 bridgehead atoms. The fourth-order valence-corrected chi connectivity index (χ4v) is 8.49. The highest BCUT2D eigenvalue weighted by Gasteiger charge is 2.41. The Kier molecular flexibility index (Phi) is 23.9. The molecule has 242 valence electrons. The van der Waals surface area contributed by atoms with Gasteiger partial charge in [0.2, 0.25) is 11.8 Å². The van der Waals surface area contributed by atoms with Crippen LogP contribution in [0.25, 0.3) is 0 Å². The van der Waals surface area contributed by atoms with Gasteiger partial charge in [0.1, 0.15) is 0 Å². The summed E-state index contributed by atoms with van der Waals surface area (Å²) >= 11 is 0. The Morgan fingerprint density at radius 2 is 1.05 bits per heavy atom. The Balaban J connectivity index is 2.03. The first kappa shape index (κ1) is 38.2. The molecule has 1 atom stereocenters. The van der Waals surface area contributed by atoms with E-state index in [0.29, 0.717) is 45.3 Å². The van der Waals surface area contributed by atoms with Crippen LogP contribution >= 0.6 is 0 Å². The van der Waals surface area contributed by atoms with Gasteiger partial charge in [-0.3, -0.25) is 9.59 Å². The van der Waals surface area contributed by atoms with Crippen molar-refractivity contribution in [2.75, 3.05) is 26.4 Å². The number of hydrazine groups is 1. The second-order valence-electron chi connectivity index (χ2n) is 11.8. The number of unbranched alkanes of at least 4 members (excludes halogenated alkanes) is 17.